The molecule has 4 heteroatoms. The van der Waals surface area contributed by atoms with Gasteiger partial charge in [-0.05, 0) is 72.2 Å². The van der Waals surface area contributed by atoms with Crippen molar-refractivity contribution in [2.45, 2.75) is 53.6 Å². The van der Waals surface area contributed by atoms with Crippen LogP contribution in [-0.2, 0) is 32.8 Å². The lowest BCUT2D eigenvalue weighted by Gasteiger charge is -2.21. The van der Waals surface area contributed by atoms with Crippen molar-refractivity contribution in [3.05, 3.63) is 196 Å². The van der Waals surface area contributed by atoms with Gasteiger partial charge in [-0.1, -0.05) is 140 Å². The normalized spacial score (nSPS) is 11.0. The Balaban J connectivity index is 1.28. The molecule has 0 saturated carbocycles. The number of rotatable bonds is 15. The number of ether oxygens (including phenoxy) is 4. The molecular formula is C46H44O4. The van der Waals surface area contributed by atoms with Crippen molar-refractivity contribution in [1.29, 1.82) is 0 Å². The highest BCUT2D eigenvalue weighted by molar-refractivity contribution is 5.70. The van der Waals surface area contributed by atoms with Gasteiger partial charge in [-0.25, -0.2) is 0 Å². The minimum atomic E-state index is 0.468. The van der Waals surface area contributed by atoms with Gasteiger partial charge in [0.1, 0.15) is 49.4 Å². The summed E-state index contributed by atoms with van der Waals surface area (Å²) in [5.41, 5.74) is 9.77. The summed E-state index contributed by atoms with van der Waals surface area (Å²) in [6.07, 6.45) is 5.01. The van der Waals surface area contributed by atoms with Gasteiger partial charge in [0.15, 0.2) is 0 Å². The van der Waals surface area contributed by atoms with E-state index < -0.39 is 0 Å². The zero-order valence-electron chi connectivity index (χ0n) is 29.1. The molecule has 6 aromatic carbocycles. The van der Waals surface area contributed by atoms with Gasteiger partial charge in [-0.15, -0.1) is 0 Å². The van der Waals surface area contributed by atoms with E-state index in [4.69, 9.17) is 18.9 Å². The number of hydrogen-bond acceptors (Lipinski definition) is 4. The largest absolute Gasteiger partial charge is 0.489 e. The second kappa shape index (κ2) is 17.1. The summed E-state index contributed by atoms with van der Waals surface area (Å²) in [4.78, 5) is 0. The van der Waals surface area contributed by atoms with Gasteiger partial charge in [-0.2, -0.15) is 0 Å². The molecule has 0 aromatic heterocycles. The van der Waals surface area contributed by atoms with Gasteiger partial charge in [0, 0.05) is 17.2 Å². The number of hydrogen-bond donors (Lipinski definition) is 0. The van der Waals surface area contributed by atoms with Crippen molar-refractivity contribution >= 4 is 6.08 Å². The summed E-state index contributed by atoms with van der Waals surface area (Å²) in [7, 11) is 0. The smallest absolute Gasteiger partial charge is 0.130 e. The summed E-state index contributed by atoms with van der Waals surface area (Å²) in [5, 5.41) is 0. The monoisotopic (exact) mass is 660 g/mol. The van der Waals surface area contributed by atoms with Gasteiger partial charge in [0.25, 0.3) is 0 Å². The quantitative estimate of drug-likeness (QED) is 0.110. The van der Waals surface area contributed by atoms with Crippen molar-refractivity contribution in [1.82, 2.24) is 0 Å². The van der Waals surface area contributed by atoms with E-state index in [1.54, 1.807) is 0 Å². The molecular weight excluding hydrogens is 617 g/mol. The number of allylic oxidation sites excluding steroid dienone is 1. The average molecular weight is 661 g/mol. The molecule has 6 rings (SSSR count). The van der Waals surface area contributed by atoms with E-state index in [1.165, 1.54) is 0 Å². The highest BCUT2D eigenvalue weighted by atomic mass is 16.5. The van der Waals surface area contributed by atoms with Crippen molar-refractivity contribution in [2.75, 3.05) is 0 Å². The third kappa shape index (κ3) is 9.03. The molecule has 0 N–H and O–H groups in total. The van der Waals surface area contributed by atoms with Crippen LogP contribution in [0.2, 0.25) is 0 Å². The van der Waals surface area contributed by atoms with Crippen LogP contribution in [0.5, 0.6) is 23.0 Å². The van der Waals surface area contributed by atoms with E-state index in [1.807, 2.05) is 84.9 Å². The molecule has 0 saturated heterocycles. The molecule has 0 atom stereocenters. The molecule has 0 aliphatic carbocycles. The first-order chi connectivity index (χ1) is 24.5. The molecule has 50 heavy (non-hydrogen) atoms. The Labute approximate surface area is 296 Å². The Morgan fingerprint density at radius 2 is 0.880 bits per heavy atom. The van der Waals surface area contributed by atoms with Gasteiger partial charge in [-0.3, -0.25) is 0 Å². The minimum Gasteiger partial charge on any atom is -0.489 e. The summed E-state index contributed by atoms with van der Waals surface area (Å²) in [6, 6.07) is 47.1. The van der Waals surface area contributed by atoms with Crippen LogP contribution < -0.4 is 18.9 Å². The Hall–Kier alpha value is -5.74. The molecule has 0 aliphatic rings. The fourth-order valence-electron chi connectivity index (χ4n) is 5.89. The molecule has 0 heterocycles. The summed E-state index contributed by atoms with van der Waals surface area (Å²) < 4.78 is 25.7. The van der Waals surface area contributed by atoms with Crippen molar-refractivity contribution in [3.63, 3.8) is 0 Å². The summed E-state index contributed by atoms with van der Waals surface area (Å²) in [6.45, 7) is 8.29. The van der Waals surface area contributed by atoms with E-state index >= 15 is 0 Å². The van der Waals surface area contributed by atoms with Crippen LogP contribution in [0, 0.1) is 20.8 Å². The van der Waals surface area contributed by atoms with Crippen molar-refractivity contribution in [3.8, 4) is 23.0 Å². The molecule has 0 bridgehead atoms. The third-order valence-corrected chi connectivity index (χ3v) is 8.83. The van der Waals surface area contributed by atoms with E-state index in [0.29, 0.717) is 32.8 Å². The van der Waals surface area contributed by atoms with Crippen LogP contribution in [0.4, 0.5) is 0 Å². The molecule has 4 nitrogen and oxygen atoms in total. The van der Waals surface area contributed by atoms with Crippen LogP contribution in [0.25, 0.3) is 6.08 Å². The van der Waals surface area contributed by atoms with E-state index in [9.17, 15) is 0 Å². The fourth-order valence-corrected chi connectivity index (χ4v) is 5.89. The predicted octanol–water partition coefficient (Wildman–Crippen LogP) is 11.2. The summed E-state index contributed by atoms with van der Waals surface area (Å²) in [5.74, 6) is 3.34. The maximum Gasteiger partial charge on any atom is 0.130 e. The molecule has 0 radical (unpaired) electrons. The maximum absolute atomic E-state index is 6.58. The van der Waals surface area contributed by atoms with Gasteiger partial charge >= 0.3 is 0 Å². The van der Waals surface area contributed by atoms with Crippen molar-refractivity contribution in [2.24, 2.45) is 0 Å². The van der Waals surface area contributed by atoms with Crippen LogP contribution in [-0.4, -0.2) is 0 Å². The molecule has 0 aliphatic heterocycles. The predicted molar refractivity (Wildman–Crippen MR) is 203 cm³/mol. The zero-order valence-corrected chi connectivity index (χ0v) is 29.1. The van der Waals surface area contributed by atoms with Gasteiger partial charge in [0.05, 0.1) is 0 Å². The van der Waals surface area contributed by atoms with E-state index in [-0.39, 0.29) is 0 Å². The SMILES string of the molecule is Cc1c(C)c(OCc2ccccc2)c(C=CCc2ccc(OCc3ccccc3)cc2OCc2ccccc2)c(C)c1OCc1ccccc1. The first kappa shape index (κ1) is 34.1. The first-order valence-corrected chi connectivity index (χ1v) is 17.1. The Bertz CT molecular complexity index is 1990. The second-order valence-corrected chi connectivity index (χ2v) is 12.4. The Morgan fingerprint density at radius 3 is 1.40 bits per heavy atom. The molecule has 0 spiro atoms. The lowest BCUT2D eigenvalue weighted by molar-refractivity contribution is 0.288. The van der Waals surface area contributed by atoms with Crippen LogP contribution in [0.1, 0.15) is 50.1 Å². The Kier molecular flexibility index (Phi) is 11.7. The van der Waals surface area contributed by atoms with Gasteiger partial charge < -0.3 is 18.9 Å². The minimum absolute atomic E-state index is 0.468. The second-order valence-electron chi connectivity index (χ2n) is 12.4. The van der Waals surface area contributed by atoms with Crippen LogP contribution in [0.3, 0.4) is 0 Å². The molecule has 0 fully saturated rings. The highest BCUT2D eigenvalue weighted by Gasteiger charge is 2.19. The molecule has 6 aromatic rings. The highest BCUT2D eigenvalue weighted by Crippen LogP contribution is 2.40. The standard InChI is InChI=1S/C46H44O4/c1-34-35(2)46(50-33-40-23-14-7-15-24-40)43(36(3)45(34)49-32-39-21-12-6-13-22-39)26-16-25-41-27-28-42(47-30-37-17-8-4-9-18-37)29-44(41)48-31-38-19-10-5-11-20-38/h4-24,26-29H,25,30-33H2,1-3H3. The topological polar surface area (TPSA) is 36.9 Å². The molecule has 0 unspecified atom stereocenters. The molecule has 252 valence electrons. The number of benzene rings is 6. The van der Waals surface area contributed by atoms with Crippen LogP contribution in [0.15, 0.2) is 146 Å². The Morgan fingerprint density at radius 1 is 0.440 bits per heavy atom. The zero-order chi connectivity index (χ0) is 34.5. The van der Waals surface area contributed by atoms with Gasteiger partial charge in [0.2, 0.25) is 0 Å². The maximum atomic E-state index is 6.58. The third-order valence-electron chi connectivity index (χ3n) is 8.83. The lowest BCUT2D eigenvalue weighted by Crippen LogP contribution is -2.06. The molecule has 0 amide bonds. The van der Waals surface area contributed by atoms with E-state index in [2.05, 4.69) is 87.5 Å². The summed E-state index contributed by atoms with van der Waals surface area (Å²) >= 11 is 0. The average Bonchev–Trinajstić information content (AvgIpc) is 3.17. The first-order valence-electron chi connectivity index (χ1n) is 17.1. The fraction of sp³-hybridized carbons (Fsp3) is 0.174. The van der Waals surface area contributed by atoms with Crippen LogP contribution >= 0.6 is 0 Å². The van der Waals surface area contributed by atoms with Crippen molar-refractivity contribution < 1.29 is 18.9 Å². The van der Waals surface area contributed by atoms with E-state index in [0.717, 1.165) is 73.1 Å². The lowest BCUT2D eigenvalue weighted by atomic mass is 9.96.